The molecule has 1 N–H and O–H groups in total. The van der Waals surface area contributed by atoms with Crippen LogP contribution in [-0.4, -0.2) is 64.0 Å². The second-order valence-corrected chi connectivity index (χ2v) is 6.32. The Labute approximate surface area is 118 Å². The van der Waals surface area contributed by atoms with Crippen molar-refractivity contribution < 1.29 is 23.1 Å². The number of methoxy groups -OCH3 is 1. The third kappa shape index (κ3) is 4.59. The number of hydrogen-bond acceptors (Lipinski definition) is 5. The molecule has 0 fully saturated rings. The molecule has 0 spiro atoms. The number of hydrogen-bond donors (Lipinski definition) is 1. The molecule has 7 heteroatoms. The van der Waals surface area contributed by atoms with Crippen molar-refractivity contribution in [3.05, 3.63) is 29.8 Å². The van der Waals surface area contributed by atoms with E-state index in [0.717, 1.165) is 6.26 Å². The van der Waals surface area contributed by atoms with Gasteiger partial charge in [0.25, 0.3) is 5.91 Å². The molecule has 0 aliphatic heterocycles. The molecular weight excluding hydrogens is 282 g/mol. The molecule has 1 rings (SSSR count). The summed E-state index contributed by atoms with van der Waals surface area (Å²) in [4.78, 5) is 13.8. The molecule has 1 amide bonds. The van der Waals surface area contributed by atoms with Crippen molar-refractivity contribution in [1.82, 2.24) is 4.90 Å². The van der Waals surface area contributed by atoms with Gasteiger partial charge in [-0.05, 0) is 24.3 Å². The van der Waals surface area contributed by atoms with Crippen LogP contribution in [0.1, 0.15) is 10.4 Å². The lowest BCUT2D eigenvalue weighted by Crippen LogP contribution is -2.36. The molecule has 0 radical (unpaired) electrons. The maximum atomic E-state index is 12.2. The van der Waals surface area contributed by atoms with Crippen molar-refractivity contribution in [3.63, 3.8) is 0 Å². The summed E-state index contributed by atoms with van der Waals surface area (Å²) in [5.41, 5.74) is 0.377. The smallest absolute Gasteiger partial charge is 0.254 e. The van der Waals surface area contributed by atoms with E-state index in [4.69, 9.17) is 9.84 Å². The highest BCUT2D eigenvalue weighted by Gasteiger charge is 2.16. The third-order valence-corrected chi connectivity index (χ3v) is 3.88. The molecule has 0 heterocycles. The molecule has 0 aliphatic rings. The van der Waals surface area contributed by atoms with Gasteiger partial charge in [-0.15, -0.1) is 0 Å². The summed E-state index contributed by atoms with van der Waals surface area (Å²) in [7, 11) is -1.74. The van der Waals surface area contributed by atoms with E-state index in [0.29, 0.717) is 18.7 Å². The summed E-state index contributed by atoms with van der Waals surface area (Å²) in [5, 5.41) is 8.97. The minimum absolute atomic E-state index is 0.142. The predicted octanol–water partition coefficient (Wildman–Crippen LogP) is 0.171. The summed E-state index contributed by atoms with van der Waals surface area (Å²) in [5.74, 6) is -0.267. The first kappa shape index (κ1) is 16.6. The maximum Gasteiger partial charge on any atom is 0.254 e. The minimum Gasteiger partial charge on any atom is -0.395 e. The molecule has 20 heavy (non-hydrogen) atoms. The Hall–Kier alpha value is -1.44. The molecular formula is C13H19NO5S. The lowest BCUT2D eigenvalue weighted by Gasteiger charge is -2.21. The van der Waals surface area contributed by atoms with Gasteiger partial charge in [0.2, 0.25) is 0 Å². The van der Waals surface area contributed by atoms with Gasteiger partial charge in [0, 0.05) is 32.0 Å². The van der Waals surface area contributed by atoms with Crippen LogP contribution in [0.15, 0.2) is 29.2 Å². The SMILES string of the molecule is COCCN(CCO)C(=O)c1ccc(S(C)(=O)=O)cc1. The molecule has 0 unspecified atom stereocenters. The first-order valence-corrected chi connectivity index (χ1v) is 7.98. The topological polar surface area (TPSA) is 83.9 Å². The fraction of sp³-hybridized carbons (Fsp3) is 0.462. The van der Waals surface area contributed by atoms with Crippen LogP contribution in [0.3, 0.4) is 0 Å². The summed E-state index contributed by atoms with van der Waals surface area (Å²) < 4.78 is 27.6. The molecule has 0 aromatic heterocycles. The Balaban J connectivity index is 2.89. The zero-order chi connectivity index (χ0) is 15.2. The van der Waals surface area contributed by atoms with Crippen molar-refractivity contribution in [1.29, 1.82) is 0 Å². The van der Waals surface area contributed by atoms with Gasteiger partial charge in [-0.1, -0.05) is 0 Å². The zero-order valence-electron chi connectivity index (χ0n) is 11.6. The van der Waals surface area contributed by atoms with E-state index in [1.165, 1.54) is 36.3 Å². The van der Waals surface area contributed by atoms with Crippen LogP contribution in [-0.2, 0) is 14.6 Å². The summed E-state index contributed by atoms with van der Waals surface area (Å²) >= 11 is 0. The van der Waals surface area contributed by atoms with E-state index in [1.54, 1.807) is 0 Å². The molecule has 0 saturated heterocycles. The fourth-order valence-corrected chi connectivity index (χ4v) is 2.29. The number of ether oxygens (including phenoxy) is 1. The van der Waals surface area contributed by atoms with Gasteiger partial charge in [0.1, 0.15) is 0 Å². The number of sulfone groups is 1. The van der Waals surface area contributed by atoms with Gasteiger partial charge in [-0.2, -0.15) is 0 Å². The second kappa shape index (κ2) is 7.37. The lowest BCUT2D eigenvalue weighted by molar-refractivity contribution is 0.0656. The van der Waals surface area contributed by atoms with E-state index >= 15 is 0 Å². The Morgan fingerprint density at radius 2 is 1.85 bits per heavy atom. The van der Waals surface area contributed by atoms with Gasteiger partial charge in [0.15, 0.2) is 9.84 Å². The van der Waals surface area contributed by atoms with Crippen molar-refractivity contribution in [2.45, 2.75) is 4.90 Å². The molecule has 1 aromatic rings. The Bertz CT molecular complexity index is 538. The average molecular weight is 301 g/mol. The monoisotopic (exact) mass is 301 g/mol. The van der Waals surface area contributed by atoms with Crippen LogP contribution in [0.4, 0.5) is 0 Å². The predicted molar refractivity (Wildman–Crippen MR) is 74.4 cm³/mol. The van der Waals surface area contributed by atoms with Crippen LogP contribution in [0.2, 0.25) is 0 Å². The molecule has 1 aromatic carbocycles. The zero-order valence-corrected chi connectivity index (χ0v) is 12.4. The highest BCUT2D eigenvalue weighted by molar-refractivity contribution is 7.90. The standard InChI is InChI=1S/C13H19NO5S/c1-19-10-8-14(7-9-15)13(16)11-3-5-12(6-4-11)20(2,17)18/h3-6,15H,7-10H2,1-2H3. The number of aliphatic hydroxyl groups excluding tert-OH is 1. The number of carbonyl (C=O) groups is 1. The van der Waals surface area contributed by atoms with Crippen LogP contribution in [0, 0.1) is 0 Å². The lowest BCUT2D eigenvalue weighted by atomic mass is 10.2. The first-order chi connectivity index (χ1) is 9.40. The Morgan fingerprint density at radius 3 is 2.30 bits per heavy atom. The van der Waals surface area contributed by atoms with Gasteiger partial charge in [-0.3, -0.25) is 4.79 Å². The van der Waals surface area contributed by atoms with Gasteiger partial charge >= 0.3 is 0 Å². The van der Waals surface area contributed by atoms with Crippen LogP contribution < -0.4 is 0 Å². The van der Waals surface area contributed by atoms with Crippen molar-refractivity contribution >= 4 is 15.7 Å². The van der Waals surface area contributed by atoms with Crippen molar-refractivity contribution in [2.24, 2.45) is 0 Å². The molecule has 6 nitrogen and oxygen atoms in total. The largest absolute Gasteiger partial charge is 0.395 e. The number of nitrogens with zero attached hydrogens (tertiary/aromatic N) is 1. The van der Waals surface area contributed by atoms with Crippen LogP contribution in [0.5, 0.6) is 0 Å². The van der Waals surface area contributed by atoms with Crippen LogP contribution >= 0.6 is 0 Å². The molecule has 0 atom stereocenters. The number of benzene rings is 1. The van der Waals surface area contributed by atoms with Crippen LogP contribution in [0.25, 0.3) is 0 Å². The Morgan fingerprint density at radius 1 is 1.25 bits per heavy atom. The molecule has 0 saturated carbocycles. The van der Waals surface area contributed by atoms with E-state index in [1.807, 2.05) is 0 Å². The van der Waals surface area contributed by atoms with E-state index in [2.05, 4.69) is 0 Å². The summed E-state index contributed by atoms with van der Waals surface area (Å²) in [6, 6.07) is 5.73. The van der Waals surface area contributed by atoms with Crippen molar-refractivity contribution in [2.75, 3.05) is 39.7 Å². The number of rotatable bonds is 7. The first-order valence-electron chi connectivity index (χ1n) is 6.09. The van der Waals surface area contributed by atoms with Gasteiger partial charge in [-0.25, -0.2) is 8.42 Å². The number of amides is 1. The average Bonchev–Trinajstić information content (AvgIpc) is 2.42. The van der Waals surface area contributed by atoms with E-state index in [-0.39, 0.29) is 24.0 Å². The van der Waals surface area contributed by atoms with Crippen molar-refractivity contribution in [3.8, 4) is 0 Å². The molecule has 0 aliphatic carbocycles. The fourth-order valence-electron chi connectivity index (χ4n) is 1.66. The normalized spacial score (nSPS) is 11.3. The Kier molecular flexibility index (Phi) is 6.12. The van der Waals surface area contributed by atoms with Gasteiger partial charge < -0.3 is 14.7 Å². The second-order valence-electron chi connectivity index (χ2n) is 4.31. The van der Waals surface area contributed by atoms with Gasteiger partial charge in [0.05, 0.1) is 18.1 Å². The number of aliphatic hydroxyl groups is 1. The highest BCUT2D eigenvalue weighted by atomic mass is 32.2. The molecule has 112 valence electrons. The third-order valence-electron chi connectivity index (χ3n) is 2.75. The summed E-state index contributed by atoms with van der Waals surface area (Å²) in [6.45, 7) is 0.795. The maximum absolute atomic E-state index is 12.2. The van der Waals surface area contributed by atoms with E-state index in [9.17, 15) is 13.2 Å². The van der Waals surface area contributed by atoms with E-state index < -0.39 is 9.84 Å². The minimum atomic E-state index is -3.27. The summed E-state index contributed by atoms with van der Waals surface area (Å²) in [6.07, 6.45) is 1.11. The number of carbonyl (C=O) groups excluding carboxylic acids is 1. The highest BCUT2D eigenvalue weighted by Crippen LogP contribution is 2.12. The quantitative estimate of drug-likeness (QED) is 0.776. The molecule has 0 bridgehead atoms.